The summed E-state index contributed by atoms with van der Waals surface area (Å²) in [4.78, 5) is 18.3. The van der Waals surface area contributed by atoms with Gasteiger partial charge in [-0.15, -0.1) is 0 Å². The number of hydrogen-bond acceptors (Lipinski definition) is 5. The first-order valence-electron chi connectivity index (χ1n) is 9.94. The van der Waals surface area contributed by atoms with Crippen LogP contribution in [0.4, 0.5) is 0 Å². The van der Waals surface area contributed by atoms with Crippen molar-refractivity contribution in [1.29, 1.82) is 0 Å². The van der Waals surface area contributed by atoms with Gasteiger partial charge >= 0.3 is 0 Å². The lowest BCUT2D eigenvalue weighted by atomic mass is 9.88. The van der Waals surface area contributed by atoms with Crippen molar-refractivity contribution in [2.24, 2.45) is 0 Å². The number of aromatic amines is 1. The van der Waals surface area contributed by atoms with Crippen molar-refractivity contribution in [3.63, 3.8) is 0 Å². The number of H-pyrrole nitrogens is 1. The molecule has 3 aromatic rings. The smallest absolute Gasteiger partial charge is 0.254 e. The summed E-state index contributed by atoms with van der Waals surface area (Å²) in [5.74, 6) is 1.98. The van der Waals surface area contributed by atoms with Gasteiger partial charge in [-0.1, -0.05) is 0 Å². The Morgan fingerprint density at radius 3 is 2.48 bits per heavy atom. The van der Waals surface area contributed by atoms with Gasteiger partial charge in [-0.3, -0.25) is 4.79 Å². The van der Waals surface area contributed by atoms with Gasteiger partial charge in [0, 0.05) is 25.2 Å². The molecular weight excluding hydrogens is 414 g/mol. The van der Waals surface area contributed by atoms with E-state index in [9.17, 15) is 4.79 Å². The summed E-state index contributed by atoms with van der Waals surface area (Å²) in [6.45, 7) is 0.674. The van der Waals surface area contributed by atoms with E-state index in [2.05, 4.69) is 10.3 Å². The maximum Gasteiger partial charge on any atom is 0.254 e. The second-order valence-electron chi connectivity index (χ2n) is 7.31. The van der Waals surface area contributed by atoms with E-state index >= 15 is 0 Å². The van der Waals surface area contributed by atoms with Crippen molar-refractivity contribution in [1.82, 2.24) is 15.2 Å². The minimum atomic E-state index is -0.362. The molecule has 0 bridgehead atoms. The van der Waals surface area contributed by atoms with Gasteiger partial charge in [0.05, 0.1) is 32.9 Å². The average molecular weight is 440 g/mol. The first-order chi connectivity index (χ1) is 15.0. The zero-order valence-corrected chi connectivity index (χ0v) is 18.8. The normalized spacial score (nSPS) is 15.4. The molecule has 0 unspecified atom stereocenters. The minimum Gasteiger partial charge on any atom is -0.497 e. The van der Waals surface area contributed by atoms with E-state index in [1.165, 1.54) is 0 Å². The molecule has 0 spiro atoms. The van der Waals surface area contributed by atoms with E-state index in [4.69, 9.17) is 26.4 Å². The van der Waals surface area contributed by atoms with E-state index in [1.807, 2.05) is 41.3 Å². The molecule has 162 valence electrons. The Bertz CT molecular complexity index is 1210. The summed E-state index contributed by atoms with van der Waals surface area (Å²) in [5, 5.41) is 4.56. The van der Waals surface area contributed by atoms with Gasteiger partial charge in [0.25, 0.3) is 5.56 Å². The maximum absolute atomic E-state index is 13.2. The Kier molecular flexibility index (Phi) is 5.73. The Morgan fingerprint density at radius 1 is 1.06 bits per heavy atom. The molecule has 4 rings (SSSR count). The van der Waals surface area contributed by atoms with Crippen LogP contribution in [0.15, 0.2) is 41.2 Å². The number of rotatable bonds is 4. The molecule has 1 aliphatic rings. The van der Waals surface area contributed by atoms with Crippen LogP contribution >= 0.6 is 12.2 Å². The van der Waals surface area contributed by atoms with E-state index in [0.717, 1.165) is 28.5 Å². The van der Waals surface area contributed by atoms with Crippen LogP contribution in [-0.2, 0) is 6.42 Å². The summed E-state index contributed by atoms with van der Waals surface area (Å²) in [6, 6.07) is 11.1. The molecule has 31 heavy (non-hydrogen) atoms. The Balaban J connectivity index is 1.94. The van der Waals surface area contributed by atoms with Crippen molar-refractivity contribution >= 4 is 28.2 Å². The van der Waals surface area contributed by atoms with E-state index in [0.29, 0.717) is 34.5 Å². The van der Waals surface area contributed by atoms with Gasteiger partial charge in [-0.2, -0.15) is 0 Å². The molecule has 0 saturated carbocycles. The van der Waals surface area contributed by atoms with Gasteiger partial charge in [0.1, 0.15) is 5.75 Å². The third kappa shape index (κ3) is 3.67. The number of fused-ring (bicyclic) bond motifs is 2. The molecule has 0 radical (unpaired) electrons. The van der Waals surface area contributed by atoms with Crippen molar-refractivity contribution in [2.45, 2.75) is 12.5 Å². The number of thiocarbonyl (C=S) groups is 1. The molecule has 0 aliphatic carbocycles. The molecule has 1 aliphatic heterocycles. The lowest BCUT2D eigenvalue weighted by Crippen LogP contribution is -2.46. The predicted octanol–water partition coefficient (Wildman–Crippen LogP) is 3.01. The summed E-state index contributed by atoms with van der Waals surface area (Å²) in [5.41, 5.74) is 3.24. The summed E-state index contributed by atoms with van der Waals surface area (Å²) < 4.78 is 16.3. The number of hydrogen-bond donors (Lipinski definition) is 2. The van der Waals surface area contributed by atoms with Crippen LogP contribution in [0.3, 0.4) is 0 Å². The molecule has 0 amide bonds. The molecule has 0 fully saturated rings. The van der Waals surface area contributed by atoms with E-state index in [-0.39, 0.29) is 11.6 Å². The van der Waals surface area contributed by atoms with Gasteiger partial charge in [0.2, 0.25) is 0 Å². The zero-order valence-electron chi connectivity index (χ0n) is 17.9. The first-order valence-corrected chi connectivity index (χ1v) is 10.4. The van der Waals surface area contributed by atoms with E-state index in [1.54, 1.807) is 28.4 Å². The highest BCUT2D eigenvalue weighted by atomic mass is 32.1. The second kappa shape index (κ2) is 8.47. The van der Waals surface area contributed by atoms with Crippen molar-refractivity contribution in [2.75, 3.05) is 34.9 Å². The number of aromatic nitrogens is 1. The summed E-state index contributed by atoms with van der Waals surface area (Å²) >= 11 is 5.59. The molecule has 8 heteroatoms. The largest absolute Gasteiger partial charge is 0.497 e. The van der Waals surface area contributed by atoms with Crippen LogP contribution in [0.25, 0.3) is 10.9 Å². The second-order valence-corrected chi connectivity index (χ2v) is 7.70. The monoisotopic (exact) mass is 439 g/mol. The van der Waals surface area contributed by atoms with E-state index < -0.39 is 0 Å². The standard InChI is InChI=1S/C23H25N3O4S/c1-24-23(31)26-8-7-13-10-19(29-3)20(30-4)12-16(13)21(26)17-9-14-5-6-15(28-2)11-18(14)25-22(17)27/h5-6,9-12,21H,7-8H2,1-4H3,(H,24,31)(H,25,27)/t21-/m1/s1. The number of ether oxygens (including phenoxy) is 3. The third-order valence-corrected chi connectivity index (χ3v) is 6.16. The molecule has 1 aromatic heterocycles. The van der Waals surface area contributed by atoms with Crippen LogP contribution in [0.5, 0.6) is 17.2 Å². The summed E-state index contributed by atoms with van der Waals surface area (Å²) in [6.07, 6.45) is 0.774. The predicted molar refractivity (Wildman–Crippen MR) is 125 cm³/mol. The van der Waals surface area contributed by atoms with Crippen LogP contribution in [0, 0.1) is 0 Å². The van der Waals surface area contributed by atoms with Crippen LogP contribution < -0.4 is 25.1 Å². The number of nitrogens with one attached hydrogen (secondary N) is 2. The third-order valence-electron chi connectivity index (χ3n) is 5.72. The van der Waals surface area contributed by atoms with Crippen molar-refractivity contribution in [3.8, 4) is 17.2 Å². The molecule has 2 N–H and O–H groups in total. The molecule has 0 saturated heterocycles. The molecule has 1 atom stereocenters. The maximum atomic E-state index is 13.2. The number of methoxy groups -OCH3 is 3. The van der Waals surface area contributed by atoms with Gasteiger partial charge < -0.3 is 29.4 Å². The fourth-order valence-corrected chi connectivity index (χ4v) is 4.37. The number of benzene rings is 2. The zero-order chi connectivity index (χ0) is 22.1. The fraction of sp³-hybridized carbons (Fsp3) is 0.304. The lowest BCUT2D eigenvalue weighted by molar-refractivity contribution is 0.324. The van der Waals surface area contributed by atoms with Gasteiger partial charge in [-0.25, -0.2) is 0 Å². The van der Waals surface area contributed by atoms with Crippen molar-refractivity contribution in [3.05, 3.63) is 63.4 Å². The Hall–Kier alpha value is -3.26. The quantitative estimate of drug-likeness (QED) is 0.605. The van der Waals surface area contributed by atoms with Gasteiger partial charge in [-0.05, 0) is 65.5 Å². The number of nitrogens with zero attached hydrogens (tertiary/aromatic N) is 1. The summed E-state index contributed by atoms with van der Waals surface area (Å²) in [7, 11) is 6.62. The highest BCUT2D eigenvalue weighted by molar-refractivity contribution is 7.80. The topological polar surface area (TPSA) is 75.8 Å². The number of pyridine rings is 1. The Labute approximate surface area is 185 Å². The molecule has 7 nitrogen and oxygen atoms in total. The Morgan fingerprint density at radius 2 is 1.81 bits per heavy atom. The lowest BCUT2D eigenvalue weighted by Gasteiger charge is -2.39. The molecule has 2 heterocycles. The van der Waals surface area contributed by atoms with Crippen LogP contribution in [0.1, 0.15) is 22.7 Å². The van der Waals surface area contributed by atoms with Gasteiger partial charge in [0.15, 0.2) is 16.6 Å². The van der Waals surface area contributed by atoms with Crippen LogP contribution in [-0.4, -0.2) is 49.9 Å². The SMILES string of the molecule is CNC(=S)N1CCc2cc(OC)c(OC)cc2[C@@H]1c1cc2ccc(OC)cc2[nH]c1=O. The molecular formula is C23H25N3O4S. The van der Waals surface area contributed by atoms with Crippen LogP contribution in [0.2, 0.25) is 0 Å². The highest BCUT2D eigenvalue weighted by Crippen LogP contribution is 2.40. The van der Waals surface area contributed by atoms with Crippen molar-refractivity contribution < 1.29 is 14.2 Å². The first kappa shape index (κ1) is 21.0. The average Bonchev–Trinajstić information content (AvgIpc) is 2.81. The molecule has 2 aromatic carbocycles. The fourth-order valence-electron chi connectivity index (χ4n) is 4.17. The minimum absolute atomic E-state index is 0.169. The highest BCUT2D eigenvalue weighted by Gasteiger charge is 2.33.